The number of carbonyl (C=O) groups is 2. The van der Waals surface area contributed by atoms with Gasteiger partial charge in [0.15, 0.2) is 0 Å². The van der Waals surface area contributed by atoms with Crippen molar-refractivity contribution in [2.45, 2.75) is 50.5 Å². The topological polar surface area (TPSA) is 90.5 Å². The van der Waals surface area contributed by atoms with Gasteiger partial charge in [-0.2, -0.15) is 0 Å². The van der Waals surface area contributed by atoms with Gasteiger partial charge in [0.1, 0.15) is 0 Å². The predicted molar refractivity (Wildman–Crippen MR) is 99.2 cm³/mol. The van der Waals surface area contributed by atoms with E-state index in [0.29, 0.717) is 13.0 Å². The lowest BCUT2D eigenvalue weighted by atomic mass is 9.53. The second-order valence-corrected chi connectivity index (χ2v) is 8.46. The van der Waals surface area contributed by atoms with Crippen LogP contribution in [0.25, 0.3) is 0 Å². The maximum absolute atomic E-state index is 12.6. The van der Waals surface area contributed by atoms with E-state index in [1.165, 1.54) is 19.3 Å². The van der Waals surface area contributed by atoms with Gasteiger partial charge in [0, 0.05) is 17.8 Å². The third kappa shape index (κ3) is 3.79. The molecular formula is C20H27N3O3. The number of carboxylic acid groups (broad SMARTS) is 1. The number of hydrogen-bond donors (Lipinski definition) is 4. The Morgan fingerprint density at radius 2 is 1.73 bits per heavy atom. The molecule has 0 saturated heterocycles. The fraction of sp³-hybridized carbons (Fsp3) is 0.600. The van der Waals surface area contributed by atoms with Crippen LogP contribution in [0, 0.1) is 17.8 Å². The molecule has 26 heavy (non-hydrogen) atoms. The van der Waals surface area contributed by atoms with Gasteiger partial charge >= 0.3 is 12.1 Å². The first kappa shape index (κ1) is 17.2. The standard InChI is InChI=1S/C20H27N3O3/c24-18(22-17-3-1-2-13(9-17)4-5-21-19(25)26)23-20-10-14-6-15(11-20)8-16(7-14)12-20/h1-3,9,14-16,21H,4-8,10-12H2,(H,25,26)(H2,22,23,24). The van der Waals surface area contributed by atoms with Crippen molar-refractivity contribution in [3.8, 4) is 0 Å². The van der Waals surface area contributed by atoms with Gasteiger partial charge < -0.3 is 21.1 Å². The summed E-state index contributed by atoms with van der Waals surface area (Å²) in [5.74, 6) is 2.39. The number of anilines is 1. The highest BCUT2D eigenvalue weighted by Gasteiger charge is 2.51. The lowest BCUT2D eigenvalue weighted by Gasteiger charge is -2.56. The molecule has 0 radical (unpaired) electrons. The SMILES string of the molecule is O=C(O)NCCc1cccc(NC(=O)NC23CC4CC(CC(C4)C2)C3)c1. The van der Waals surface area contributed by atoms with E-state index in [1.54, 1.807) is 0 Å². The summed E-state index contributed by atoms with van der Waals surface area (Å²) in [5.41, 5.74) is 1.74. The molecule has 1 aromatic rings. The van der Waals surface area contributed by atoms with Crippen LogP contribution in [0.15, 0.2) is 24.3 Å². The fourth-order valence-electron chi connectivity index (χ4n) is 5.79. The zero-order valence-corrected chi connectivity index (χ0v) is 15.0. The molecule has 0 unspecified atom stereocenters. The molecule has 4 bridgehead atoms. The Hall–Kier alpha value is -2.24. The smallest absolute Gasteiger partial charge is 0.404 e. The van der Waals surface area contributed by atoms with Gasteiger partial charge in [-0.25, -0.2) is 9.59 Å². The van der Waals surface area contributed by atoms with Gasteiger partial charge in [0.2, 0.25) is 0 Å². The highest BCUT2D eigenvalue weighted by molar-refractivity contribution is 5.89. The zero-order chi connectivity index (χ0) is 18.1. The monoisotopic (exact) mass is 357 g/mol. The zero-order valence-electron chi connectivity index (χ0n) is 15.0. The van der Waals surface area contributed by atoms with Crippen LogP contribution < -0.4 is 16.0 Å². The summed E-state index contributed by atoms with van der Waals surface area (Å²) < 4.78 is 0. The van der Waals surface area contributed by atoms with E-state index in [4.69, 9.17) is 5.11 Å². The minimum Gasteiger partial charge on any atom is -0.465 e. The Balaban J connectivity index is 1.34. The van der Waals surface area contributed by atoms with Gasteiger partial charge in [-0.15, -0.1) is 0 Å². The molecule has 4 aliphatic rings. The molecule has 0 aliphatic heterocycles. The molecule has 6 heteroatoms. The number of carbonyl (C=O) groups excluding carboxylic acids is 1. The Bertz CT molecular complexity index is 668. The van der Waals surface area contributed by atoms with Crippen molar-refractivity contribution in [1.82, 2.24) is 10.6 Å². The number of nitrogens with one attached hydrogen (secondary N) is 3. The van der Waals surface area contributed by atoms with Crippen molar-refractivity contribution in [2.24, 2.45) is 17.8 Å². The van der Waals surface area contributed by atoms with Crippen LogP contribution in [0.3, 0.4) is 0 Å². The summed E-state index contributed by atoms with van der Waals surface area (Å²) in [5, 5.41) is 17.3. The second kappa shape index (κ2) is 6.82. The summed E-state index contributed by atoms with van der Waals surface area (Å²) in [6.45, 7) is 0.359. The van der Waals surface area contributed by atoms with Crippen LogP contribution in [0.2, 0.25) is 0 Å². The summed E-state index contributed by atoms with van der Waals surface area (Å²) in [7, 11) is 0. The van der Waals surface area contributed by atoms with Crippen LogP contribution >= 0.6 is 0 Å². The van der Waals surface area contributed by atoms with E-state index in [9.17, 15) is 9.59 Å². The predicted octanol–water partition coefficient (Wildman–Crippen LogP) is 3.59. The minimum absolute atomic E-state index is 0.00184. The van der Waals surface area contributed by atoms with Gasteiger partial charge in [-0.3, -0.25) is 0 Å². The van der Waals surface area contributed by atoms with Crippen LogP contribution in [-0.4, -0.2) is 29.3 Å². The third-order valence-corrected chi connectivity index (χ3v) is 6.29. The van der Waals surface area contributed by atoms with E-state index < -0.39 is 6.09 Å². The number of rotatable bonds is 5. The second-order valence-electron chi connectivity index (χ2n) is 8.46. The quantitative estimate of drug-likeness (QED) is 0.649. The molecule has 0 spiro atoms. The van der Waals surface area contributed by atoms with E-state index in [1.807, 2.05) is 24.3 Å². The van der Waals surface area contributed by atoms with E-state index in [0.717, 1.165) is 48.3 Å². The van der Waals surface area contributed by atoms with E-state index in [-0.39, 0.29) is 11.6 Å². The van der Waals surface area contributed by atoms with Crippen LogP contribution in [0.1, 0.15) is 44.1 Å². The molecule has 4 N–H and O–H groups in total. The maximum Gasteiger partial charge on any atom is 0.404 e. The molecule has 4 aliphatic carbocycles. The van der Waals surface area contributed by atoms with Crippen molar-refractivity contribution < 1.29 is 14.7 Å². The first-order valence-electron chi connectivity index (χ1n) is 9.65. The largest absolute Gasteiger partial charge is 0.465 e. The summed E-state index contributed by atoms with van der Waals surface area (Å²) >= 11 is 0. The molecule has 0 atom stereocenters. The van der Waals surface area contributed by atoms with Crippen LogP contribution in [0.5, 0.6) is 0 Å². The first-order valence-corrected chi connectivity index (χ1v) is 9.65. The molecule has 4 saturated carbocycles. The van der Waals surface area contributed by atoms with Crippen molar-refractivity contribution in [3.63, 3.8) is 0 Å². The lowest BCUT2D eigenvalue weighted by Crippen LogP contribution is -2.60. The highest BCUT2D eigenvalue weighted by Crippen LogP contribution is 2.55. The average molecular weight is 357 g/mol. The molecular weight excluding hydrogens is 330 g/mol. The Kier molecular flexibility index (Phi) is 4.51. The van der Waals surface area contributed by atoms with Crippen molar-refractivity contribution in [1.29, 1.82) is 0 Å². The summed E-state index contributed by atoms with van der Waals surface area (Å²) in [6, 6.07) is 7.48. The number of benzene rings is 1. The Morgan fingerprint density at radius 3 is 2.35 bits per heavy atom. The Morgan fingerprint density at radius 1 is 1.08 bits per heavy atom. The normalized spacial score (nSPS) is 31.5. The van der Waals surface area contributed by atoms with Crippen molar-refractivity contribution in [3.05, 3.63) is 29.8 Å². The summed E-state index contributed by atoms with van der Waals surface area (Å²) in [6.07, 6.45) is 7.04. The molecule has 1 aromatic carbocycles. The lowest BCUT2D eigenvalue weighted by molar-refractivity contribution is -0.0127. The molecule has 0 aromatic heterocycles. The minimum atomic E-state index is -1.02. The van der Waals surface area contributed by atoms with Crippen molar-refractivity contribution >= 4 is 17.8 Å². The van der Waals surface area contributed by atoms with Crippen molar-refractivity contribution in [2.75, 3.05) is 11.9 Å². The third-order valence-electron chi connectivity index (χ3n) is 6.29. The number of amides is 3. The van der Waals surface area contributed by atoms with Gasteiger partial charge in [-0.1, -0.05) is 12.1 Å². The Labute approximate surface area is 153 Å². The molecule has 5 rings (SSSR count). The van der Waals surface area contributed by atoms with Crippen LogP contribution in [-0.2, 0) is 6.42 Å². The van der Waals surface area contributed by atoms with E-state index >= 15 is 0 Å². The summed E-state index contributed by atoms with van der Waals surface area (Å²) in [4.78, 5) is 23.1. The number of urea groups is 1. The fourth-order valence-corrected chi connectivity index (χ4v) is 5.79. The highest BCUT2D eigenvalue weighted by atomic mass is 16.4. The van der Waals surface area contributed by atoms with E-state index in [2.05, 4.69) is 16.0 Å². The molecule has 4 fully saturated rings. The van der Waals surface area contributed by atoms with Gasteiger partial charge in [0.25, 0.3) is 0 Å². The maximum atomic E-state index is 12.6. The van der Waals surface area contributed by atoms with Crippen LogP contribution in [0.4, 0.5) is 15.3 Å². The van der Waals surface area contributed by atoms with Gasteiger partial charge in [-0.05, 0) is 80.4 Å². The molecule has 140 valence electrons. The molecule has 0 heterocycles. The average Bonchev–Trinajstić information content (AvgIpc) is 2.52. The molecule has 6 nitrogen and oxygen atoms in total. The van der Waals surface area contributed by atoms with Gasteiger partial charge in [0.05, 0.1) is 0 Å². The first-order chi connectivity index (χ1) is 12.5. The molecule has 3 amide bonds. The number of hydrogen-bond acceptors (Lipinski definition) is 2.